The van der Waals surface area contributed by atoms with Gasteiger partial charge in [0, 0.05) is 22.3 Å². The summed E-state index contributed by atoms with van der Waals surface area (Å²) < 4.78 is 6.51. The fraction of sp³-hybridized carbons (Fsp3) is 0.263. The van der Waals surface area contributed by atoms with Gasteiger partial charge in [-0.25, -0.2) is 0 Å². The number of hydrogen-bond acceptors (Lipinski definition) is 3. The number of carbonyl (C=O) groups excluding carboxylic acids is 2. The first-order chi connectivity index (χ1) is 12.0. The van der Waals surface area contributed by atoms with Crippen LogP contribution in [0.5, 0.6) is 5.75 Å². The van der Waals surface area contributed by atoms with E-state index in [9.17, 15) is 9.59 Å². The lowest BCUT2D eigenvalue weighted by Crippen LogP contribution is -2.20. The maximum atomic E-state index is 12.1. The predicted octanol–water partition coefficient (Wildman–Crippen LogP) is 4.51. The van der Waals surface area contributed by atoms with Crippen LogP contribution in [-0.4, -0.2) is 18.4 Å². The molecule has 0 spiro atoms. The Morgan fingerprint density at radius 3 is 2.36 bits per heavy atom. The minimum absolute atomic E-state index is 0.0416. The van der Waals surface area contributed by atoms with Gasteiger partial charge in [0.1, 0.15) is 5.75 Å². The van der Waals surface area contributed by atoms with E-state index in [1.54, 1.807) is 24.3 Å². The molecular weight excluding hydrogens is 384 g/mol. The summed E-state index contributed by atoms with van der Waals surface area (Å²) in [6.07, 6.45) is 1.26. The number of carbonyl (C=O) groups is 2. The first-order valence-electron chi connectivity index (χ1n) is 8.06. The molecule has 0 unspecified atom stereocenters. The van der Waals surface area contributed by atoms with Gasteiger partial charge in [-0.05, 0) is 55.3 Å². The maximum Gasteiger partial charge on any atom is 0.262 e. The quantitative estimate of drug-likeness (QED) is 0.712. The summed E-state index contributed by atoms with van der Waals surface area (Å²) in [5.41, 5.74) is 2.21. The number of hydrogen-bond donors (Lipinski definition) is 2. The molecule has 0 saturated heterocycles. The third kappa shape index (κ3) is 6.23. The van der Waals surface area contributed by atoms with Crippen molar-refractivity contribution in [2.75, 3.05) is 17.2 Å². The molecule has 0 atom stereocenters. The Labute approximate surface area is 155 Å². The Morgan fingerprint density at radius 2 is 1.72 bits per heavy atom. The van der Waals surface area contributed by atoms with Crippen molar-refractivity contribution in [3.05, 3.63) is 52.5 Å². The van der Waals surface area contributed by atoms with Gasteiger partial charge in [-0.2, -0.15) is 0 Å². The summed E-state index contributed by atoms with van der Waals surface area (Å²) in [7, 11) is 0. The van der Waals surface area contributed by atoms with Gasteiger partial charge >= 0.3 is 0 Å². The average molecular weight is 405 g/mol. The van der Waals surface area contributed by atoms with Crippen molar-refractivity contribution >= 4 is 39.1 Å². The predicted molar refractivity (Wildman–Crippen MR) is 103 cm³/mol. The van der Waals surface area contributed by atoms with Crippen molar-refractivity contribution in [2.45, 2.75) is 26.7 Å². The van der Waals surface area contributed by atoms with E-state index in [4.69, 9.17) is 4.74 Å². The Bertz CT molecular complexity index is 762. The van der Waals surface area contributed by atoms with E-state index in [2.05, 4.69) is 26.6 Å². The molecule has 0 heterocycles. The van der Waals surface area contributed by atoms with E-state index in [-0.39, 0.29) is 18.4 Å². The van der Waals surface area contributed by atoms with E-state index in [0.717, 1.165) is 16.5 Å². The number of halogens is 1. The van der Waals surface area contributed by atoms with Crippen LogP contribution < -0.4 is 15.4 Å². The summed E-state index contributed by atoms with van der Waals surface area (Å²) in [5.74, 6) is 0.360. The highest BCUT2D eigenvalue weighted by Gasteiger charge is 2.07. The van der Waals surface area contributed by atoms with Gasteiger partial charge in [0.2, 0.25) is 5.91 Å². The lowest BCUT2D eigenvalue weighted by Gasteiger charge is -2.11. The van der Waals surface area contributed by atoms with Gasteiger partial charge in [0.25, 0.3) is 5.91 Å². The lowest BCUT2D eigenvalue weighted by atomic mass is 10.2. The zero-order valence-electron chi connectivity index (χ0n) is 14.3. The zero-order chi connectivity index (χ0) is 18.2. The van der Waals surface area contributed by atoms with Gasteiger partial charge < -0.3 is 15.4 Å². The zero-order valence-corrected chi connectivity index (χ0v) is 15.9. The SMILES string of the molecule is CCCC(=O)Nc1cccc(NC(=O)COc2ccc(Br)cc2C)c1. The molecule has 6 heteroatoms. The average Bonchev–Trinajstić information content (AvgIpc) is 2.54. The fourth-order valence-corrected chi connectivity index (χ4v) is 2.72. The van der Waals surface area contributed by atoms with E-state index in [0.29, 0.717) is 23.5 Å². The molecule has 0 radical (unpaired) electrons. The highest BCUT2D eigenvalue weighted by molar-refractivity contribution is 9.10. The Balaban J connectivity index is 1.90. The number of aryl methyl sites for hydroxylation is 1. The van der Waals surface area contributed by atoms with Crippen molar-refractivity contribution in [3.63, 3.8) is 0 Å². The van der Waals surface area contributed by atoms with Crippen molar-refractivity contribution in [3.8, 4) is 5.75 Å². The summed E-state index contributed by atoms with van der Waals surface area (Å²) in [6.45, 7) is 3.78. The second-order valence-corrected chi connectivity index (χ2v) is 6.54. The standard InChI is InChI=1S/C19H21BrN2O3/c1-3-5-18(23)21-15-6-4-7-16(11-15)22-19(24)12-25-17-9-8-14(20)10-13(17)2/h4,6-11H,3,5,12H2,1-2H3,(H,21,23)(H,22,24). The molecule has 132 valence electrons. The third-order valence-corrected chi connectivity index (χ3v) is 3.90. The molecule has 0 bridgehead atoms. The summed E-state index contributed by atoms with van der Waals surface area (Å²) in [4.78, 5) is 23.7. The minimum atomic E-state index is -0.264. The number of amides is 2. The fourth-order valence-electron chi connectivity index (χ4n) is 2.24. The minimum Gasteiger partial charge on any atom is -0.483 e. The molecule has 0 fully saturated rings. The Morgan fingerprint density at radius 1 is 1.04 bits per heavy atom. The molecule has 2 aromatic rings. The third-order valence-electron chi connectivity index (χ3n) is 3.40. The van der Waals surface area contributed by atoms with Crippen LogP contribution in [0, 0.1) is 6.92 Å². The first kappa shape index (κ1) is 19.0. The van der Waals surface area contributed by atoms with E-state index in [1.807, 2.05) is 32.0 Å². The lowest BCUT2D eigenvalue weighted by molar-refractivity contribution is -0.118. The van der Waals surface area contributed by atoms with Crippen molar-refractivity contribution < 1.29 is 14.3 Å². The van der Waals surface area contributed by atoms with Crippen LogP contribution >= 0.6 is 15.9 Å². The largest absolute Gasteiger partial charge is 0.483 e. The second-order valence-electron chi connectivity index (χ2n) is 5.63. The topological polar surface area (TPSA) is 67.4 Å². The van der Waals surface area contributed by atoms with Crippen LogP contribution in [0.25, 0.3) is 0 Å². The number of nitrogens with one attached hydrogen (secondary N) is 2. The van der Waals surface area contributed by atoms with Crippen LogP contribution in [-0.2, 0) is 9.59 Å². The molecule has 2 N–H and O–H groups in total. The van der Waals surface area contributed by atoms with E-state index in [1.165, 1.54) is 0 Å². The van der Waals surface area contributed by atoms with Crippen LogP contribution in [0.2, 0.25) is 0 Å². The number of ether oxygens (including phenoxy) is 1. The summed E-state index contributed by atoms with van der Waals surface area (Å²) >= 11 is 3.39. The molecule has 25 heavy (non-hydrogen) atoms. The first-order valence-corrected chi connectivity index (χ1v) is 8.86. The second kappa shape index (κ2) is 9.22. The number of rotatable bonds is 7. The van der Waals surface area contributed by atoms with Crippen molar-refractivity contribution in [1.29, 1.82) is 0 Å². The van der Waals surface area contributed by atoms with Crippen LogP contribution in [0.4, 0.5) is 11.4 Å². The van der Waals surface area contributed by atoms with Gasteiger partial charge in [-0.3, -0.25) is 9.59 Å². The molecule has 2 rings (SSSR count). The Hall–Kier alpha value is -2.34. The van der Waals surface area contributed by atoms with E-state index >= 15 is 0 Å². The summed E-state index contributed by atoms with van der Waals surface area (Å²) in [6, 6.07) is 12.6. The highest BCUT2D eigenvalue weighted by Crippen LogP contribution is 2.22. The van der Waals surface area contributed by atoms with Crippen molar-refractivity contribution in [2.24, 2.45) is 0 Å². The molecule has 2 amide bonds. The molecule has 5 nitrogen and oxygen atoms in total. The van der Waals surface area contributed by atoms with Crippen LogP contribution in [0.1, 0.15) is 25.3 Å². The van der Waals surface area contributed by atoms with Gasteiger partial charge in [-0.15, -0.1) is 0 Å². The smallest absolute Gasteiger partial charge is 0.262 e. The molecule has 0 aromatic heterocycles. The summed E-state index contributed by atoms with van der Waals surface area (Å²) in [5, 5.41) is 5.57. The Kier molecular flexibility index (Phi) is 7.01. The molecule has 0 aliphatic carbocycles. The highest BCUT2D eigenvalue weighted by atomic mass is 79.9. The molecule has 0 aliphatic rings. The molecule has 0 aliphatic heterocycles. The van der Waals surface area contributed by atoms with Crippen LogP contribution in [0.15, 0.2) is 46.9 Å². The van der Waals surface area contributed by atoms with E-state index < -0.39 is 0 Å². The number of anilines is 2. The maximum absolute atomic E-state index is 12.1. The van der Waals surface area contributed by atoms with Gasteiger partial charge in [0.15, 0.2) is 6.61 Å². The molecule has 0 saturated carbocycles. The van der Waals surface area contributed by atoms with Gasteiger partial charge in [-0.1, -0.05) is 28.9 Å². The normalized spacial score (nSPS) is 10.2. The monoisotopic (exact) mass is 404 g/mol. The number of benzene rings is 2. The van der Waals surface area contributed by atoms with Gasteiger partial charge in [0.05, 0.1) is 0 Å². The van der Waals surface area contributed by atoms with Crippen LogP contribution in [0.3, 0.4) is 0 Å². The van der Waals surface area contributed by atoms with Crippen molar-refractivity contribution in [1.82, 2.24) is 0 Å². The molecular formula is C19H21BrN2O3. The molecule has 2 aromatic carbocycles.